The number of amides is 1. The predicted molar refractivity (Wildman–Crippen MR) is 67.1 cm³/mol. The third-order valence-electron chi connectivity index (χ3n) is 2.75. The molecule has 0 fully saturated rings. The Labute approximate surface area is 106 Å². The maximum atomic E-state index is 11.8. The van der Waals surface area contributed by atoms with Crippen molar-refractivity contribution in [1.29, 1.82) is 0 Å². The van der Waals surface area contributed by atoms with E-state index in [0.717, 1.165) is 0 Å². The maximum Gasteiger partial charge on any atom is 0.271 e. The number of hydrogen-bond acceptors (Lipinski definition) is 4. The van der Waals surface area contributed by atoms with Gasteiger partial charge in [-0.1, -0.05) is 11.6 Å². The molecule has 0 spiro atoms. The Balaban J connectivity index is 2.59. The van der Waals surface area contributed by atoms with Crippen LogP contribution in [0.15, 0.2) is 12.4 Å². The first kappa shape index (κ1) is 13.9. The van der Waals surface area contributed by atoms with Gasteiger partial charge in [-0.25, -0.2) is 9.97 Å². The average molecular weight is 257 g/mol. The lowest BCUT2D eigenvalue weighted by Crippen LogP contribution is -2.48. The van der Waals surface area contributed by atoms with Gasteiger partial charge >= 0.3 is 0 Å². The standard InChI is InChI=1S/C11H17ClN4O/c1-11(2,16(3)4)7-15-10(17)8-5-14-9(12)6-13-8/h5-6H,7H2,1-4H3,(H,15,17). The van der Waals surface area contributed by atoms with Gasteiger partial charge in [0.05, 0.1) is 12.4 Å². The van der Waals surface area contributed by atoms with E-state index in [1.165, 1.54) is 12.4 Å². The van der Waals surface area contributed by atoms with Gasteiger partial charge in [-0.05, 0) is 27.9 Å². The fourth-order valence-electron chi connectivity index (χ4n) is 0.975. The van der Waals surface area contributed by atoms with Crippen LogP contribution in [0.1, 0.15) is 24.3 Å². The summed E-state index contributed by atoms with van der Waals surface area (Å²) >= 11 is 5.60. The summed E-state index contributed by atoms with van der Waals surface area (Å²) in [5.74, 6) is -0.246. The van der Waals surface area contributed by atoms with Crippen LogP contribution >= 0.6 is 11.6 Å². The zero-order valence-corrected chi connectivity index (χ0v) is 11.2. The number of likely N-dealkylation sites (N-methyl/N-ethyl adjacent to an activating group) is 1. The minimum atomic E-state index is -0.246. The zero-order valence-electron chi connectivity index (χ0n) is 10.5. The summed E-state index contributed by atoms with van der Waals surface area (Å²) in [5.41, 5.74) is 0.152. The zero-order chi connectivity index (χ0) is 13.1. The third-order valence-corrected chi connectivity index (χ3v) is 2.94. The highest BCUT2D eigenvalue weighted by Gasteiger charge is 2.21. The van der Waals surface area contributed by atoms with Crippen LogP contribution in [0.25, 0.3) is 0 Å². The highest BCUT2D eigenvalue weighted by Crippen LogP contribution is 2.08. The second-order valence-corrected chi connectivity index (χ2v) is 5.00. The van der Waals surface area contributed by atoms with E-state index in [1.54, 1.807) is 0 Å². The first-order valence-corrected chi connectivity index (χ1v) is 5.64. The van der Waals surface area contributed by atoms with Gasteiger partial charge in [-0.15, -0.1) is 0 Å². The molecule has 5 nitrogen and oxygen atoms in total. The van der Waals surface area contributed by atoms with Gasteiger partial charge in [0.15, 0.2) is 0 Å². The molecule has 0 aromatic carbocycles. The summed E-state index contributed by atoms with van der Waals surface area (Å²) in [6, 6.07) is 0. The van der Waals surface area contributed by atoms with Crippen LogP contribution in [0.3, 0.4) is 0 Å². The number of nitrogens with one attached hydrogen (secondary N) is 1. The van der Waals surface area contributed by atoms with Crippen LogP contribution in [0.5, 0.6) is 0 Å². The van der Waals surface area contributed by atoms with Gasteiger partial charge in [0, 0.05) is 12.1 Å². The molecule has 1 aromatic heterocycles. The molecule has 17 heavy (non-hydrogen) atoms. The summed E-state index contributed by atoms with van der Waals surface area (Å²) in [5, 5.41) is 3.09. The van der Waals surface area contributed by atoms with Gasteiger partial charge < -0.3 is 10.2 Å². The number of rotatable bonds is 4. The molecule has 0 aliphatic rings. The van der Waals surface area contributed by atoms with E-state index in [2.05, 4.69) is 15.3 Å². The number of halogens is 1. The van der Waals surface area contributed by atoms with Crippen molar-refractivity contribution >= 4 is 17.5 Å². The van der Waals surface area contributed by atoms with E-state index in [4.69, 9.17) is 11.6 Å². The monoisotopic (exact) mass is 256 g/mol. The molecule has 1 amide bonds. The number of nitrogens with zero attached hydrogens (tertiary/aromatic N) is 3. The molecule has 0 aliphatic heterocycles. The SMILES string of the molecule is CN(C)C(C)(C)CNC(=O)c1cnc(Cl)cn1. The largest absolute Gasteiger partial charge is 0.349 e. The van der Waals surface area contributed by atoms with Gasteiger partial charge in [0.25, 0.3) is 5.91 Å². The van der Waals surface area contributed by atoms with E-state index in [0.29, 0.717) is 6.54 Å². The van der Waals surface area contributed by atoms with Gasteiger partial charge in [0.2, 0.25) is 0 Å². The molecule has 0 radical (unpaired) electrons. The highest BCUT2D eigenvalue weighted by atomic mass is 35.5. The number of carbonyl (C=O) groups excluding carboxylic acids is 1. The van der Waals surface area contributed by atoms with Crippen LogP contribution in [0, 0.1) is 0 Å². The van der Waals surface area contributed by atoms with Crippen molar-refractivity contribution in [1.82, 2.24) is 20.2 Å². The molecule has 0 saturated carbocycles. The Kier molecular flexibility index (Phi) is 4.42. The van der Waals surface area contributed by atoms with Crippen molar-refractivity contribution in [3.8, 4) is 0 Å². The lowest BCUT2D eigenvalue weighted by Gasteiger charge is -2.32. The summed E-state index contributed by atoms with van der Waals surface area (Å²) in [6.07, 6.45) is 2.72. The van der Waals surface area contributed by atoms with E-state index >= 15 is 0 Å². The van der Waals surface area contributed by atoms with E-state index in [1.807, 2.05) is 32.8 Å². The lowest BCUT2D eigenvalue weighted by molar-refractivity contribution is 0.0914. The van der Waals surface area contributed by atoms with E-state index < -0.39 is 0 Å². The Morgan fingerprint density at radius 1 is 1.41 bits per heavy atom. The summed E-state index contributed by atoms with van der Waals surface area (Å²) in [4.78, 5) is 21.5. The van der Waals surface area contributed by atoms with Crippen molar-refractivity contribution in [2.24, 2.45) is 0 Å². The minimum absolute atomic E-state index is 0.116. The fourth-order valence-corrected chi connectivity index (χ4v) is 1.07. The lowest BCUT2D eigenvalue weighted by atomic mass is 10.0. The Morgan fingerprint density at radius 3 is 2.53 bits per heavy atom. The molecule has 94 valence electrons. The molecule has 1 N–H and O–H groups in total. The fraction of sp³-hybridized carbons (Fsp3) is 0.545. The number of carbonyl (C=O) groups is 1. The molecule has 0 unspecified atom stereocenters. The van der Waals surface area contributed by atoms with Crippen LogP contribution in [-0.2, 0) is 0 Å². The van der Waals surface area contributed by atoms with E-state index in [-0.39, 0.29) is 22.3 Å². The second-order valence-electron chi connectivity index (χ2n) is 4.61. The summed E-state index contributed by atoms with van der Waals surface area (Å²) < 4.78 is 0. The third kappa shape index (κ3) is 3.94. The van der Waals surface area contributed by atoms with Crippen molar-refractivity contribution in [3.05, 3.63) is 23.2 Å². The molecule has 1 aromatic rings. The molecule has 6 heteroatoms. The van der Waals surface area contributed by atoms with E-state index in [9.17, 15) is 4.79 Å². The number of aromatic nitrogens is 2. The highest BCUT2D eigenvalue weighted by molar-refractivity contribution is 6.29. The first-order valence-electron chi connectivity index (χ1n) is 5.26. The quantitative estimate of drug-likeness (QED) is 0.880. The summed E-state index contributed by atoms with van der Waals surface area (Å²) in [6.45, 7) is 4.62. The Morgan fingerprint density at radius 2 is 2.06 bits per heavy atom. The average Bonchev–Trinajstić information content (AvgIpc) is 2.27. The minimum Gasteiger partial charge on any atom is -0.349 e. The molecule has 0 saturated heterocycles. The van der Waals surface area contributed by atoms with Crippen LogP contribution in [-0.4, -0.2) is 47.0 Å². The van der Waals surface area contributed by atoms with Gasteiger partial charge in [0.1, 0.15) is 10.8 Å². The smallest absolute Gasteiger partial charge is 0.271 e. The van der Waals surface area contributed by atoms with Gasteiger partial charge in [-0.3, -0.25) is 4.79 Å². The molecule has 0 aliphatic carbocycles. The predicted octanol–water partition coefficient (Wildman–Crippen LogP) is 1.20. The van der Waals surface area contributed by atoms with Crippen LogP contribution in [0.2, 0.25) is 5.15 Å². The molecular formula is C11H17ClN4O. The summed E-state index contributed by atoms with van der Waals surface area (Å²) in [7, 11) is 3.93. The molecule has 1 heterocycles. The molecular weight excluding hydrogens is 240 g/mol. The normalized spacial score (nSPS) is 11.6. The second kappa shape index (κ2) is 5.42. The van der Waals surface area contributed by atoms with Crippen molar-refractivity contribution in [2.75, 3.05) is 20.6 Å². The Hall–Kier alpha value is -1.20. The van der Waals surface area contributed by atoms with Crippen molar-refractivity contribution in [2.45, 2.75) is 19.4 Å². The molecule has 0 atom stereocenters. The van der Waals surface area contributed by atoms with Crippen LogP contribution in [0.4, 0.5) is 0 Å². The van der Waals surface area contributed by atoms with Crippen molar-refractivity contribution < 1.29 is 4.79 Å². The first-order chi connectivity index (χ1) is 7.83. The van der Waals surface area contributed by atoms with Crippen LogP contribution < -0.4 is 5.32 Å². The van der Waals surface area contributed by atoms with Crippen molar-refractivity contribution in [3.63, 3.8) is 0 Å². The maximum absolute atomic E-state index is 11.8. The molecule has 0 bridgehead atoms. The Bertz CT molecular complexity index is 389. The molecule has 1 rings (SSSR count). The van der Waals surface area contributed by atoms with Gasteiger partial charge in [-0.2, -0.15) is 0 Å². The number of hydrogen-bond donors (Lipinski definition) is 1. The topological polar surface area (TPSA) is 58.1 Å².